The van der Waals surface area contributed by atoms with Gasteiger partial charge in [0.15, 0.2) is 5.82 Å². The summed E-state index contributed by atoms with van der Waals surface area (Å²) in [5.74, 6) is 1.57. The summed E-state index contributed by atoms with van der Waals surface area (Å²) in [4.78, 5) is 8.95. The first-order chi connectivity index (χ1) is 9.31. The normalized spacial score (nSPS) is 10.6. The largest absolute Gasteiger partial charge is 0.374 e. The van der Waals surface area contributed by atoms with Gasteiger partial charge in [-0.15, -0.1) is 11.3 Å². The topological polar surface area (TPSA) is 47.0 Å². The fourth-order valence-corrected chi connectivity index (χ4v) is 3.22. The van der Waals surface area contributed by atoms with E-state index < -0.39 is 0 Å². The molecule has 0 atom stereocenters. The Balaban J connectivity index is 2.17. The van der Waals surface area contributed by atoms with Crippen molar-refractivity contribution in [2.45, 2.75) is 29.7 Å². The van der Waals surface area contributed by atoms with Gasteiger partial charge in [-0.1, -0.05) is 17.8 Å². The van der Waals surface area contributed by atoms with Crippen LogP contribution >= 0.6 is 23.1 Å². The van der Waals surface area contributed by atoms with E-state index >= 15 is 0 Å². The van der Waals surface area contributed by atoms with Gasteiger partial charge in [-0.2, -0.15) is 0 Å². The minimum atomic E-state index is 0.452. The quantitative estimate of drug-likeness (QED) is 0.790. The molecule has 0 unspecified atom stereocenters. The molecular weight excluding hydrogens is 278 g/mol. The fourth-order valence-electron chi connectivity index (χ4n) is 1.48. The van der Waals surface area contributed by atoms with Crippen LogP contribution < -0.4 is 5.32 Å². The molecule has 2 aromatic heterocycles. The molecule has 2 heterocycles. The first kappa shape index (κ1) is 14.3. The highest BCUT2D eigenvalue weighted by molar-refractivity contribution is 8.01. The van der Waals surface area contributed by atoms with Crippen molar-refractivity contribution in [3.63, 3.8) is 0 Å². The number of hydrogen-bond acceptors (Lipinski definition) is 6. The van der Waals surface area contributed by atoms with Crippen molar-refractivity contribution in [3.8, 4) is 0 Å². The third kappa shape index (κ3) is 4.49. The zero-order valence-electron chi connectivity index (χ0n) is 11.0. The van der Waals surface area contributed by atoms with E-state index in [0.717, 1.165) is 23.2 Å². The van der Waals surface area contributed by atoms with Crippen LogP contribution in [0.4, 0.5) is 5.82 Å². The highest BCUT2D eigenvalue weighted by atomic mass is 32.2. The number of nitrogens with one attached hydrogen (secondary N) is 1. The number of anilines is 1. The standard InChI is InChI=1S/C13H17N3OS2/c1-3-14-10-8-12(19-13-6-5-7-18-13)16-11(15-10)9-17-4-2/h5-8H,3-4,9H2,1-2H3,(H,14,15,16). The van der Waals surface area contributed by atoms with Crippen molar-refractivity contribution < 1.29 is 4.74 Å². The molecule has 4 nitrogen and oxygen atoms in total. The maximum Gasteiger partial charge on any atom is 0.157 e. The third-order valence-corrected chi connectivity index (χ3v) is 4.20. The lowest BCUT2D eigenvalue weighted by Crippen LogP contribution is -2.05. The Morgan fingerprint density at radius 3 is 2.95 bits per heavy atom. The molecule has 0 aliphatic rings. The molecule has 6 heteroatoms. The lowest BCUT2D eigenvalue weighted by Gasteiger charge is -2.08. The van der Waals surface area contributed by atoms with Gasteiger partial charge in [0.1, 0.15) is 17.5 Å². The second kappa shape index (κ2) is 7.47. The van der Waals surface area contributed by atoms with Crippen LogP contribution in [0, 0.1) is 0 Å². The summed E-state index contributed by atoms with van der Waals surface area (Å²) in [6.07, 6.45) is 0. The first-order valence-corrected chi connectivity index (χ1v) is 7.92. The Kier molecular flexibility index (Phi) is 5.62. The van der Waals surface area contributed by atoms with Crippen LogP contribution in [0.15, 0.2) is 32.8 Å². The Morgan fingerprint density at radius 1 is 1.37 bits per heavy atom. The Labute approximate surface area is 121 Å². The van der Waals surface area contributed by atoms with Gasteiger partial charge in [0.05, 0.1) is 4.21 Å². The molecule has 0 saturated carbocycles. The molecule has 0 radical (unpaired) electrons. The molecule has 0 saturated heterocycles. The number of thiophene rings is 1. The Morgan fingerprint density at radius 2 is 2.26 bits per heavy atom. The number of ether oxygens (including phenoxy) is 1. The second-order valence-corrected chi connectivity index (χ2v) is 5.98. The van der Waals surface area contributed by atoms with Crippen molar-refractivity contribution in [2.75, 3.05) is 18.5 Å². The second-order valence-electron chi connectivity index (χ2n) is 3.71. The lowest BCUT2D eigenvalue weighted by molar-refractivity contribution is 0.128. The predicted molar refractivity (Wildman–Crippen MR) is 80.0 cm³/mol. The molecule has 0 bridgehead atoms. The number of nitrogens with zero attached hydrogens (tertiary/aromatic N) is 2. The zero-order valence-corrected chi connectivity index (χ0v) is 12.7. The summed E-state index contributed by atoms with van der Waals surface area (Å²) in [7, 11) is 0. The van der Waals surface area contributed by atoms with Gasteiger partial charge in [-0.3, -0.25) is 0 Å². The molecule has 0 fully saturated rings. The minimum absolute atomic E-state index is 0.452. The smallest absolute Gasteiger partial charge is 0.157 e. The zero-order chi connectivity index (χ0) is 13.5. The van der Waals surface area contributed by atoms with Crippen molar-refractivity contribution in [1.82, 2.24) is 9.97 Å². The number of rotatable bonds is 7. The molecule has 0 aromatic carbocycles. The van der Waals surface area contributed by atoms with E-state index in [4.69, 9.17) is 4.74 Å². The molecule has 0 amide bonds. The maximum atomic E-state index is 5.38. The summed E-state index contributed by atoms with van der Waals surface area (Å²) in [5, 5.41) is 6.24. The Bertz CT molecular complexity index is 503. The molecule has 2 aromatic rings. The van der Waals surface area contributed by atoms with Gasteiger partial charge in [0, 0.05) is 19.2 Å². The molecular formula is C13H17N3OS2. The van der Waals surface area contributed by atoms with Crippen molar-refractivity contribution in [1.29, 1.82) is 0 Å². The molecule has 19 heavy (non-hydrogen) atoms. The molecule has 1 N–H and O–H groups in total. The molecule has 2 rings (SSSR count). The van der Waals surface area contributed by atoms with Crippen LogP contribution in [0.25, 0.3) is 0 Å². The minimum Gasteiger partial charge on any atom is -0.374 e. The van der Waals surface area contributed by atoms with Crippen LogP contribution in [0.5, 0.6) is 0 Å². The number of hydrogen-bond donors (Lipinski definition) is 1. The van der Waals surface area contributed by atoms with Crippen molar-refractivity contribution in [3.05, 3.63) is 29.4 Å². The molecule has 0 aliphatic heterocycles. The van der Waals surface area contributed by atoms with Crippen LogP contribution in [0.1, 0.15) is 19.7 Å². The van der Waals surface area contributed by atoms with Crippen LogP contribution in [0.3, 0.4) is 0 Å². The third-order valence-electron chi connectivity index (χ3n) is 2.24. The summed E-state index contributed by atoms with van der Waals surface area (Å²) in [6, 6.07) is 6.11. The van der Waals surface area contributed by atoms with E-state index in [1.165, 1.54) is 4.21 Å². The molecule has 0 aliphatic carbocycles. The van der Waals surface area contributed by atoms with Crippen LogP contribution in [-0.4, -0.2) is 23.1 Å². The summed E-state index contributed by atoms with van der Waals surface area (Å²) >= 11 is 3.37. The number of aromatic nitrogens is 2. The lowest BCUT2D eigenvalue weighted by atomic mass is 10.5. The summed E-state index contributed by atoms with van der Waals surface area (Å²) < 4.78 is 6.61. The average molecular weight is 295 g/mol. The summed E-state index contributed by atoms with van der Waals surface area (Å²) in [6.45, 7) is 5.98. The van der Waals surface area contributed by atoms with Gasteiger partial charge in [0.25, 0.3) is 0 Å². The van der Waals surface area contributed by atoms with Crippen molar-refractivity contribution >= 4 is 28.9 Å². The van der Waals surface area contributed by atoms with E-state index in [1.807, 2.05) is 19.1 Å². The van der Waals surface area contributed by atoms with E-state index in [9.17, 15) is 0 Å². The van der Waals surface area contributed by atoms with E-state index in [0.29, 0.717) is 13.2 Å². The van der Waals surface area contributed by atoms with E-state index in [1.54, 1.807) is 23.1 Å². The Hall–Kier alpha value is -1.11. The van der Waals surface area contributed by atoms with Crippen LogP contribution in [0.2, 0.25) is 0 Å². The fraction of sp³-hybridized carbons (Fsp3) is 0.385. The molecule has 102 valence electrons. The summed E-state index contributed by atoms with van der Waals surface area (Å²) in [5.41, 5.74) is 0. The van der Waals surface area contributed by atoms with E-state index in [2.05, 4.69) is 33.7 Å². The van der Waals surface area contributed by atoms with Crippen molar-refractivity contribution in [2.24, 2.45) is 0 Å². The van der Waals surface area contributed by atoms with Gasteiger partial charge >= 0.3 is 0 Å². The SMILES string of the molecule is CCNc1cc(Sc2cccs2)nc(COCC)n1. The monoisotopic (exact) mass is 295 g/mol. The van der Waals surface area contributed by atoms with Gasteiger partial charge in [-0.25, -0.2) is 9.97 Å². The first-order valence-electron chi connectivity index (χ1n) is 6.22. The molecule has 0 spiro atoms. The highest BCUT2D eigenvalue weighted by Crippen LogP contribution is 2.30. The van der Waals surface area contributed by atoms with E-state index in [-0.39, 0.29) is 0 Å². The maximum absolute atomic E-state index is 5.38. The predicted octanol–water partition coefficient (Wildman–Crippen LogP) is 3.66. The average Bonchev–Trinajstić information content (AvgIpc) is 2.89. The van der Waals surface area contributed by atoms with Gasteiger partial charge in [0.2, 0.25) is 0 Å². The highest BCUT2D eigenvalue weighted by Gasteiger charge is 2.06. The van der Waals surface area contributed by atoms with Crippen LogP contribution in [-0.2, 0) is 11.3 Å². The van der Waals surface area contributed by atoms with Gasteiger partial charge in [-0.05, 0) is 25.3 Å². The van der Waals surface area contributed by atoms with Gasteiger partial charge < -0.3 is 10.1 Å².